The first-order valence-electron chi connectivity index (χ1n) is 17.8. The second-order valence-corrected chi connectivity index (χ2v) is 15.4. The molecule has 0 aromatic rings. The zero-order valence-electron chi connectivity index (χ0n) is 31.9. The summed E-state index contributed by atoms with van der Waals surface area (Å²) in [6, 6.07) is 0. The van der Waals surface area contributed by atoms with Crippen molar-refractivity contribution in [3.8, 4) is 0 Å². The molecule has 268 valence electrons. The molecule has 49 heavy (non-hydrogen) atoms. The van der Waals surface area contributed by atoms with Gasteiger partial charge in [0.15, 0.2) is 5.60 Å². The number of hydrogen-bond donors (Lipinski definition) is 2. The lowest BCUT2D eigenvalue weighted by atomic mass is 9.72. The molecule has 0 aromatic heterocycles. The Bertz CT molecular complexity index is 1510. The van der Waals surface area contributed by atoms with Crippen molar-refractivity contribution in [3.05, 3.63) is 117 Å². The van der Waals surface area contributed by atoms with Gasteiger partial charge in [-0.1, -0.05) is 134 Å². The molecule has 1 unspecified atom stereocenters. The predicted molar refractivity (Wildman–Crippen MR) is 205 cm³/mol. The van der Waals surface area contributed by atoms with E-state index in [0.29, 0.717) is 0 Å². The molecule has 0 saturated heterocycles. The fraction of sp³-hybridized carbons (Fsp3) is 0.500. The molecule has 2 rings (SSSR count). The maximum atomic E-state index is 12.4. The van der Waals surface area contributed by atoms with Gasteiger partial charge in [0.2, 0.25) is 0 Å². The molecule has 0 fully saturated rings. The summed E-state index contributed by atoms with van der Waals surface area (Å²) in [5, 5.41) is 19.7. The molecule has 1 atom stereocenters. The van der Waals surface area contributed by atoms with Gasteiger partial charge in [0.05, 0.1) is 13.0 Å². The van der Waals surface area contributed by atoms with Crippen LogP contribution in [-0.4, -0.2) is 34.4 Å². The summed E-state index contributed by atoms with van der Waals surface area (Å²) in [6.45, 7) is 21.6. The van der Waals surface area contributed by atoms with Crippen molar-refractivity contribution < 1.29 is 24.5 Å². The van der Waals surface area contributed by atoms with Crippen LogP contribution < -0.4 is 0 Å². The number of ether oxygens (including phenoxy) is 1. The average molecular weight is 671 g/mol. The molecule has 5 nitrogen and oxygen atoms in total. The normalized spacial score (nSPS) is 21.1. The Labute approximate surface area is 297 Å². The van der Waals surface area contributed by atoms with E-state index in [1.54, 1.807) is 12.2 Å². The van der Waals surface area contributed by atoms with Crippen molar-refractivity contribution in [1.29, 1.82) is 0 Å². The van der Waals surface area contributed by atoms with E-state index in [1.165, 1.54) is 48.0 Å². The van der Waals surface area contributed by atoms with Crippen LogP contribution in [0.1, 0.15) is 121 Å². The second-order valence-electron chi connectivity index (χ2n) is 15.4. The van der Waals surface area contributed by atoms with Gasteiger partial charge in [-0.25, -0.2) is 4.79 Å². The van der Waals surface area contributed by atoms with Gasteiger partial charge < -0.3 is 14.9 Å². The van der Waals surface area contributed by atoms with Crippen LogP contribution >= 0.6 is 0 Å². The highest BCUT2D eigenvalue weighted by Gasteiger charge is 2.41. The van der Waals surface area contributed by atoms with Gasteiger partial charge in [-0.2, -0.15) is 0 Å². The van der Waals surface area contributed by atoms with Crippen LogP contribution in [0, 0.1) is 10.8 Å². The molecule has 2 N–H and O–H groups in total. The maximum absolute atomic E-state index is 12.4. The predicted octanol–water partition coefficient (Wildman–Crippen LogP) is 11.8. The van der Waals surface area contributed by atoms with E-state index in [4.69, 9.17) is 4.74 Å². The fourth-order valence-corrected chi connectivity index (χ4v) is 6.71. The SMILES string of the molecule is CC1=C(/C=C/C(C)=C/C=C/C(C)=C/COC(C/C=C(C)/C=C/C=C(C)/C=C/C2=C(C)CCCC2(C)C)(CC(=O)O)C(=O)O)C(C)(C)CCC1. The van der Waals surface area contributed by atoms with Gasteiger partial charge in [-0.3, -0.25) is 4.79 Å². The molecule has 5 heteroatoms. The number of allylic oxidation sites excluding steroid dienone is 18. The highest BCUT2D eigenvalue weighted by atomic mass is 16.5. The average Bonchev–Trinajstić information content (AvgIpc) is 2.98. The Morgan fingerprint density at radius 1 is 0.714 bits per heavy atom. The van der Waals surface area contributed by atoms with E-state index in [0.717, 1.165) is 35.1 Å². The standard InChI is InChI=1S/C44H62O5/c1-32(21-23-38-36(5)19-13-27-42(38,7)8)15-11-17-34(3)25-29-44(41(47)48,31-40(45)46)49-30-26-35(4)18-12-16-33(2)22-24-39-37(6)20-14-28-43(39,9)10/h11-12,15-18,21-26H,13-14,19-20,27-31H2,1-10H3,(H,45,46)(H,47,48)/b17-11+,18-12+,23-21+,24-22+,32-15+,33-16+,34-25+,35-26+. The summed E-state index contributed by atoms with van der Waals surface area (Å²) >= 11 is 0. The Balaban J connectivity index is 2.07. The van der Waals surface area contributed by atoms with Crippen LogP contribution in [0.25, 0.3) is 0 Å². The quantitative estimate of drug-likeness (QED) is 0.160. The molecule has 0 bridgehead atoms. The molecular formula is C44H62O5. The molecule has 2 aliphatic rings. The van der Waals surface area contributed by atoms with Crippen LogP contribution in [0.4, 0.5) is 0 Å². The number of carboxylic acids is 2. The van der Waals surface area contributed by atoms with Crippen molar-refractivity contribution in [2.24, 2.45) is 10.8 Å². The third-order valence-corrected chi connectivity index (χ3v) is 9.89. The second kappa shape index (κ2) is 18.9. The third kappa shape index (κ3) is 13.6. The number of hydrogen-bond acceptors (Lipinski definition) is 3. The Morgan fingerprint density at radius 3 is 1.57 bits per heavy atom. The van der Waals surface area contributed by atoms with E-state index in [-0.39, 0.29) is 23.9 Å². The van der Waals surface area contributed by atoms with Crippen LogP contribution in [0.15, 0.2) is 117 Å². The van der Waals surface area contributed by atoms with Gasteiger partial charge in [0.25, 0.3) is 0 Å². The van der Waals surface area contributed by atoms with E-state index >= 15 is 0 Å². The summed E-state index contributed by atoms with van der Waals surface area (Å²) in [5.74, 6) is -2.52. The van der Waals surface area contributed by atoms with E-state index in [1.807, 2.05) is 50.3 Å². The van der Waals surface area contributed by atoms with Gasteiger partial charge in [-0.15, -0.1) is 0 Å². The van der Waals surface area contributed by atoms with Crippen molar-refractivity contribution in [2.45, 2.75) is 126 Å². The first-order chi connectivity index (χ1) is 22.9. The minimum absolute atomic E-state index is 0.0232. The van der Waals surface area contributed by atoms with Gasteiger partial charge in [-0.05, 0) is 102 Å². The molecule has 0 saturated carbocycles. The molecular weight excluding hydrogens is 608 g/mol. The topological polar surface area (TPSA) is 83.8 Å². The zero-order valence-corrected chi connectivity index (χ0v) is 31.9. The lowest BCUT2D eigenvalue weighted by Gasteiger charge is -2.33. The van der Waals surface area contributed by atoms with Crippen molar-refractivity contribution in [3.63, 3.8) is 0 Å². The number of rotatable bonds is 16. The molecule has 0 radical (unpaired) electrons. The zero-order chi connectivity index (χ0) is 36.8. The summed E-state index contributed by atoms with van der Waals surface area (Å²) in [5.41, 5.74) is 8.22. The minimum Gasteiger partial charge on any atom is -0.481 e. The summed E-state index contributed by atoms with van der Waals surface area (Å²) in [7, 11) is 0. The summed E-state index contributed by atoms with van der Waals surface area (Å²) in [6.07, 6.45) is 30.5. The monoisotopic (exact) mass is 670 g/mol. The molecule has 0 spiro atoms. The molecule has 0 heterocycles. The minimum atomic E-state index is -1.88. The van der Waals surface area contributed by atoms with Gasteiger partial charge in [0.1, 0.15) is 0 Å². The Morgan fingerprint density at radius 2 is 1.16 bits per heavy atom. The summed E-state index contributed by atoms with van der Waals surface area (Å²) in [4.78, 5) is 24.1. The van der Waals surface area contributed by atoms with Gasteiger partial charge >= 0.3 is 11.9 Å². The lowest BCUT2D eigenvalue weighted by Crippen LogP contribution is -2.43. The molecule has 0 amide bonds. The molecule has 2 aliphatic carbocycles. The van der Waals surface area contributed by atoms with E-state index < -0.39 is 24.0 Å². The fourth-order valence-electron chi connectivity index (χ4n) is 6.71. The maximum Gasteiger partial charge on any atom is 0.336 e. The first kappa shape index (κ1) is 41.5. The Hall–Kier alpha value is -3.70. The van der Waals surface area contributed by atoms with Gasteiger partial charge in [0, 0.05) is 6.42 Å². The van der Waals surface area contributed by atoms with Crippen molar-refractivity contribution in [1.82, 2.24) is 0 Å². The molecule has 0 aliphatic heterocycles. The number of carbonyl (C=O) groups is 2. The smallest absolute Gasteiger partial charge is 0.336 e. The van der Waals surface area contributed by atoms with E-state index in [2.05, 4.69) is 79.7 Å². The highest BCUT2D eigenvalue weighted by molar-refractivity contribution is 5.84. The number of aliphatic carboxylic acids is 2. The van der Waals surface area contributed by atoms with Crippen molar-refractivity contribution in [2.75, 3.05) is 6.61 Å². The first-order valence-corrected chi connectivity index (χ1v) is 17.8. The summed E-state index contributed by atoms with van der Waals surface area (Å²) < 4.78 is 5.83. The number of carboxylic acid groups (broad SMARTS) is 2. The largest absolute Gasteiger partial charge is 0.481 e. The van der Waals surface area contributed by atoms with Crippen LogP contribution in [0.3, 0.4) is 0 Å². The lowest BCUT2D eigenvalue weighted by molar-refractivity contribution is -0.171. The molecule has 0 aromatic carbocycles. The van der Waals surface area contributed by atoms with Crippen LogP contribution in [-0.2, 0) is 14.3 Å². The van der Waals surface area contributed by atoms with E-state index in [9.17, 15) is 19.8 Å². The van der Waals surface area contributed by atoms with Crippen LogP contribution in [0.2, 0.25) is 0 Å². The Kier molecular flexibility index (Phi) is 16.0. The third-order valence-electron chi connectivity index (χ3n) is 9.89. The highest BCUT2D eigenvalue weighted by Crippen LogP contribution is 2.41. The van der Waals surface area contributed by atoms with Crippen molar-refractivity contribution >= 4 is 11.9 Å². The van der Waals surface area contributed by atoms with Crippen LogP contribution in [0.5, 0.6) is 0 Å².